The Morgan fingerprint density at radius 3 is 2.62 bits per heavy atom. The Morgan fingerprint density at radius 1 is 1.16 bits per heavy atom. The SMILES string of the molecule is CC(C)CCN1CCN(c2ccc(Nc3nc(NCC4CCCO4)ncc3F)cc2)CC1. The van der Waals surface area contributed by atoms with E-state index in [1.165, 1.54) is 24.8 Å². The van der Waals surface area contributed by atoms with Gasteiger partial charge in [-0.2, -0.15) is 4.98 Å². The molecule has 0 saturated carbocycles. The standard InChI is InChI=1S/C24H35FN6O/c1-18(2)9-10-30-11-13-31(14-12-30)20-7-5-19(6-8-20)28-23-22(25)17-27-24(29-23)26-16-21-4-3-15-32-21/h5-8,17-18,21H,3-4,9-16H2,1-2H3,(H2,26,27,28,29). The first kappa shape index (κ1) is 22.7. The second kappa shape index (κ2) is 10.9. The van der Waals surface area contributed by atoms with Crippen molar-refractivity contribution in [3.05, 3.63) is 36.3 Å². The number of rotatable bonds is 9. The lowest BCUT2D eigenvalue weighted by atomic mass is 10.1. The second-order valence-electron chi connectivity index (χ2n) is 9.09. The van der Waals surface area contributed by atoms with Crippen LogP contribution in [0.3, 0.4) is 0 Å². The smallest absolute Gasteiger partial charge is 0.224 e. The molecule has 0 aliphatic carbocycles. The first-order valence-electron chi connectivity index (χ1n) is 11.8. The summed E-state index contributed by atoms with van der Waals surface area (Å²) >= 11 is 0. The summed E-state index contributed by atoms with van der Waals surface area (Å²) < 4.78 is 19.9. The minimum atomic E-state index is -0.478. The summed E-state index contributed by atoms with van der Waals surface area (Å²) in [5.41, 5.74) is 1.99. The predicted octanol–water partition coefficient (Wildman–Crippen LogP) is 4.12. The van der Waals surface area contributed by atoms with Gasteiger partial charge in [-0.15, -0.1) is 0 Å². The second-order valence-corrected chi connectivity index (χ2v) is 9.09. The third kappa shape index (κ3) is 6.29. The lowest BCUT2D eigenvalue weighted by molar-refractivity contribution is 0.120. The van der Waals surface area contributed by atoms with Crippen molar-refractivity contribution in [2.24, 2.45) is 5.92 Å². The molecule has 0 spiro atoms. The molecule has 1 aromatic carbocycles. The molecule has 2 aliphatic heterocycles. The number of ether oxygens (including phenoxy) is 1. The number of hydrogen-bond acceptors (Lipinski definition) is 7. The first-order chi connectivity index (χ1) is 15.6. The van der Waals surface area contributed by atoms with Crippen LogP contribution < -0.4 is 15.5 Å². The van der Waals surface area contributed by atoms with Gasteiger partial charge < -0.3 is 20.3 Å². The van der Waals surface area contributed by atoms with Crippen LogP contribution in [0, 0.1) is 11.7 Å². The van der Waals surface area contributed by atoms with E-state index >= 15 is 0 Å². The van der Waals surface area contributed by atoms with Crippen LogP contribution in [0.4, 0.5) is 27.5 Å². The van der Waals surface area contributed by atoms with E-state index in [4.69, 9.17) is 4.74 Å². The molecule has 1 unspecified atom stereocenters. The van der Waals surface area contributed by atoms with E-state index in [1.54, 1.807) is 0 Å². The van der Waals surface area contributed by atoms with Crippen molar-refractivity contribution in [2.45, 2.75) is 39.2 Å². The van der Waals surface area contributed by atoms with E-state index in [0.717, 1.165) is 57.2 Å². The summed E-state index contributed by atoms with van der Waals surface area (Å²) in [5, 5.41) is 6.23. The summed E-state index contributed by atoms with van der Waals surface area (Å²) in [6, 6.07) is 8.12. The first-order valence-corrected chi connectivity index (χ1v) is 11.8. The van der Waals surface area contributed by atoms with Crippen molar-refractivity contribution in [1.29, 1.82) is 0 Å². The molecule has 2 aliphatic rings. The van der Waals surface area contributed by atoms with E-state index in [1.807, 2.05) is 12.1 Å². The molecule has 2 fully saturated rings. The Balaban J connectivity index is 1.30. The van der Waals surface area contributed by atoms with Crippen LogP contribution >= 0.6 is 0 Å². The highest BCUT2D eigenvalue weighted by molar-refractivity contribution is 5.61. The zero-order valence-electron chi connectivity index (χ0n) is 19.2. The van der Waals surface area contributed by atoms with Crippen molar-refractivity contribution in [3.8, 4) is 0 Å². The minimum Gasteiger partial charge on any atom is -0.376 e. The number of aromatic nitrogens is 2. The molecule has 3 heterocycles. The highest BCUT2D eigenvalue weighted by atomic mass is 19.1. The number of halogens is 1. The van der Waals surface area contributed by atoms with Crippen LogP contribution in [0.15, 0.2) is 30.5 Å². The van der Waals surface area contributed by atoms with Crippen molar-refractivity contribution < 1.29 is 9.13 Å². The zero-order valence-corrected chi connectivity index (χ0v) is 19.2. The molecule has 4 rings (SSSR count). The summed E-state index contributed by atoms with van der Waals surface area (Å²) in [7, 11) is 0. The number of nitrogens with one attached hydrogen (secondary N) is 2. The lowest BCUT2D eigenvalue weighted by Gasteiger charge is -2.36. The van der Waals surface area contributed by atoms with E-state index in [0.29, 0.717) is 12.5 Å². The van der Waals surface area contributed by atoms with Crippen LogP contribution in [0.5, 0.6) is 0 Å². The van der Waals surface area contributed by atoms with E-state index < -0.39 is 5.82 Å². The maximum absolute atomic E-state index is 14.3. The van der Waals surface area contributed by atoms with Gasteiger partial charge in [0.25, 0.3) is 0 Å². The molecule has 2 saturated heterocycles. The average Bonchev–Trinajstić information content (AvgIpc) is 3.33. The minimum absolute atomic E-state index is 0.168. The van der Waals surface area contributed by atoms with Crippen LogP contribution in [-0.4, -0.2) is 66.8 Å². The third-order valence-corrected chi connectivity index (χ3v) is 6.15. The van der Waals surface area contributed by atoms with Gasteiger partial charge in [-0.3, -0.25) is 4.90 Å². The van der Waals surface area contributed by atoms with E-state index in [9.17, 15) is 4.39 Å². The maximum atomic E-state index is 14.3. The van der Waals surface area contributed by atoms with Crippen LogP contribution in [0.2, 0.25) is 0 Å². The fourth-order valence-corrected chi connectivity index (χ4v) is 4.11. The molecule has 8 heteroatoms. The van der Waals surface area contributed by atoms with Crippen molar-refractivity contribution in [2.75, 3.05) is 61.4 Å². The molecule has 1 aromatic heterocycles. The highest BCUT2D eigenvalue weighted by Crippen LogP contribution is 2.23. The summed E-state index contributed by atoms with van der Waals surface area (Å²) in [4.78, 5) is 13.3. The summed E-state index contributed by atoms with van der Waals surface area (Å²) in [6.07, 6.45) is 4.72. The van der Waals surface area contributed by atoms with Gasteiger partial charge in [0.1, 0.15) is 0 Å². The number of nitrogens with zero attached hydrogens (tertiary/aromatic N) is 4. The summed E-state index contributed by atoms with van der Waals surface area (Å²) in [6.45, 7) is 11.4. The molecular weight excluding hydrogens is 407 g/mol. The van der Waals surface area contributed by atoms with Gasteiger partial charge in [0, 0.05) is 50.7 Å². The van der Waals surface area contributed by atoms with Gasteiger partial charge in [-0.25, -0.2) is 9.37 Å². The van der Waals surface area contributed by atoms with Gasteiger partial charge in [-0.1, -0.05) is 13.8 Å². The Bertz CT molecular complexity index is 848. The van der Waals surface area contributed by atoms with E-state index in [-0.39, 0.29) is 11.9 Å². The number of anilines is 4. The third-order valence-electron chi connectivity index (χ3n) is 6.15. The fourth-order valence-electron chi connectivity index (χ4n) is 4.11. The van der Waals surface area contributed by atoms with E-state index in [2.05, 4.69) is 56.4 Å². The molecule has 32 heavy (non-hydrogen) atoms. The van der Waals surface area contributed by atoms with Gasteiger partial charge in [0.15, 0.2) is 11.6 Å². The highest BCUT2D eigenvalue weighted by Gasteiger charge is 2.18. The average molecular weight is 443 g/mol. The molecular formula is C24H35FN6O. The maximum Gasteiger partial charge on any atom is 0.224 e. The zero-order chi connectivity index (χ0) is 22.3. The van der Waals surface area contributed by atoms with Crippen LogP contribution in [-0.2, 0) is 4.74 Å². The summed E-state index contributed by atoms with van der Waals surface area (Å²) in [5.74, 6) is 0.841. The lowest BCUT2D eigenvalue weighted by Crippen LogP contribution is -2.46. The predicted molar refractivity (Wildman–Crippen MR) is 127 cm³/mol. The van der Waals surface area contributed by atoms with Crippen molar-refractivity contribution in [3.63, 3.8) is 0 Å². The molecule has 2 aromatic rings. The van der Waals surface area contributed by atoms with Gasteiger partial charge >= 0.3 is 0 Å². The Labute approximate surface area is 190 Å². The fraction of sp³-hybridized carbons (Fsp3) is 0.583. The number of hydrogen-bond donors (Lipinski definition) is 2. The van der Waals surface area contributed by atoms with Gasteiger partial charge in [0.05, 0.1) is 12.3 Å². The molecule has 0 radical (unpaired) electrons. The largest absolute Gasteiger partial charge is 0.376 e. The molecule has 0 bridgehead atoms. The Morgan fingerprint density at radius 2 is 1.94 bits per heavy atom. The molecule has 7 nitrogen and oxygen atoms in total. The van der Waals surface area contributed by atoms with Crippen LogP contribution in [0.25, 0.3) is 0 Å². The normalized spacial score (nSPS) is 19.5. The molecule has 174 valence electrons. The molecule has 1 atom stereocenters. The Kier molecular flexibility index (Phi) is 7.76. The van der Waals surface area contributed by atoms with Crippen LogP contribution in [0.1, 0.15) is 33.1 Å². The monoisotopic (exact) mass is 442 g/mol. The van der Waals surface area contributed by atoms with Crippen molar-refractivity contribution in [1.82, 2.24) is 14.9 Å². The number of benzene rings is 1. The molecule has 0 amide bonds. The molecule has 2 N–H and O–H groups in total. The van der Waals surface area contributed by atoms with Gasteiger partial charge in [-0.05, 0) is 56.0 Å². The quantitative estimate of drug-likeness (QED) is 0.606. The van der Waals surface area contributed by atoms with Gasteiger partial charge in [0.2, 0.25) is 5.95 Å². The number of piperazine rings is 1. The Hall–Kier alpha value is -2.45. The topological polar surface area (TPSA) is 65.5 Å². The van der Waals surface area contributed by atoms with Crippen molar-refractivity contribution >= 4 is 23.1 Å².